The van der Waals surface area contributed by atoms with E-state index in [4.69, 9.17) is 0 Å². The van der Waals surface area contributed by atoms with Gasteiger partial charge in [-0.1, -0.05) is 10.3 Å². The molecular weight excluding hydrogens is 307 g/mol. The van der Waals surface area contributed by atoms with Crippen LogP contribution in [0.3, 0.4) is 0 Å². The van der Waals surface area contributed by atoms with Crippen molar-refractivity contribution in [3.8, 4) is 0 Å². The SMILES string of the molecule is CC1=CSc2c[c-]cc3c(=O)c(C)cn1c23.[Y]. The Hall–Kier alpha value is -0.376. The number of hydrogen-bond donors (Lipinski definition) is 0. The molecule has 0 aliphatic carbocycles. The quantitative estimate of drug-likeness (QED) is 0.697. The van der Waals surface area contributed by atoms with Gasteiger partial charge in [-0.3, -0.25) is 0 Å². The Kier molecular flexibility index (Phi) is 3.62. The number of pyridine rings is 1. The van der Waals surface area contributed by atoms with Gasteiger partial charge in [-0.15, -0.1) is 0 Å². The summed E-state index contributed by atoms with van der Waals surface area (Å²) >= 11 is 1.65. The van der Waals surface area contributed by atoms with Gasteiger partial charge in [0.2, 0.25) is 0 Å². The predicted molar refractivity (Wildman–Crippen MR) is 67.6 cm³/mol. The first-order valence-electron chi connectivity index (χ1n) is 5.08. The average molecular weight is 317 g/mol. The number of hydrogen-bond acceptors (Lipinski definition) is 2. The van der Waals surface area contributed by atoms with Crippen LogP contribution in [0.15, 0.2) is 33.4 Å². The van der Waals surface area contributed by atoms with Crippen molar-refractivity contribution < 1.29 is 32.7 Å². The van der Waals surface area contributed by atoms with Crippen LogP contribution in [0.5, 0.6) is 0 Å². The predicted octanol–water partition coefficient (Wildman–Crippen LogP) is 3.03. The Morgan fingerprint density at radius 1 is 1.29 bits per heavy atom. The van der Waals surface area contributed by atoms with Crippen molar-refractivity contribution in [1.82, 2.24) is 4.57 Å². The second-order valence-corrected chi connectivity index (χ2v) is 4.88. The van der Waals surface area contributed by atoms with Crippen LogP contribution >= 0.6 is 11.8 Å². The maximum Gasteiger partial charge on any atom is 0.137 e. The van der Waals surface area contributed by atoms with Crippen molar-refractivity contribution >= 4 is 28.4 Å². The molecule has 1 aromatic carbocycles. The van der Waals surface area contributed by atoms with E-state index in [9.17, 15) is 4.79 Å². The molecule has 2 aromatic rings. The number of aryl methyl sites for hydroxylation is 1. The second kappa shape index (κ2) is 4.71. The average Bonchev–Trinajstić information content (AvgIpc) is 2.29. The molecule has 0 fully saturated rings. The fourth-order valence-corrected chi connectivity index (χ4v) is 2.86. The summed E-state index contributed by atoms with van der Waals surface area (Å²) in [4.78, 5) is 13.1. The minimum atomic E-state index is 0. The summed E-state index contributed by atoms with van der Waals surface area (Å²) in [5.41, 5.74) is 3.05. The first kappa shape index (κ1) is 13.1. The van der Waals surface area contributed by atoms with Gasteiger partial charge in [-0.2, -0.15) is 30.0 Å². The summed E-state index contributed by atoms with van der Waals surface area (Å²) in [7, 11) is 0. The van der Waals surface area contributed by atoms with E-state index in [0.29, 0.717) is 0 Å². The van der Waals surface area contributed by atoms with E-state index in [0.717, 1.165) is 27.1 Å². The third kappa shape index (κ3) is 1.94. The van der Waals surface area contributed by atoms with Gasteiger partial charge >= 0.3 is 0 Å². The second-order valence-electron chi connectivity index (χ2n) is 3.97. The number of rotatable bonds is 0. The zero-order chi connectivity index (χ0) is 11.3. The number of thioether (sulfide) groups is 1. The molecule has 0 atom stereocenters. The molecule has 83 valence electrons. The molecule has 1 aliphatic rings. The van der Waals surface area contributed by atoms with Crippen LogP contribution in [0, 0.1) is 13.0 Å². The molecule has 0 amide bonds. The summed E-state index contributed by atoms with van der Waals surface area (Å²) in [5.74, 6) is 0. The molecule has 1 aromatic heterocycles. The van der Waals surface area contributed by atoms with Crippen molar-refractivity contribution in [3.05, 3.63) is 45.6 Å². The third-order valence-electron chi connectivity index (χ3n) is 2.83. The summed E-state index contributed by atoms with van der Waals surface area (Å²) in [6, 6.07) is 6.75. The smallest absolute Gasteiger partial charge is 0.137 e. The van der Waals surface area contributed by atoms with E-state index in [2.05, 4.69) is 23.0 Å². The molecule has 3 rings (SSSR count). The molecule has 0 spiro atoms. The van der Waals surface area contributed by atoms with Crippen LogP contribution in [0.25, 0.3) is 16.6 Å². The number of aromatic nitrogens is 1. The van der Waals surface area contributed by atoms with Crippen LogP contribution in [-0.2, 0) is 32.7 Å². The molecule has 4 heteroatoms. The van der Waals surface area contributed by atoms with Crippen molar-refractivity contribution in [3.63, 3.8) is 0 Å². The molecule has 0 unspecified atom stereocenters. The zero-order valence-electron chi connectivity index (χ0n) is 9.65. The Morgan fingerprint density at radius 3 is 2.82 bits per heavy atom. The van der Waals surface area contributed by atoms with E-state index >= 15 is 0 Å². The van der Waals surface area contributed by atoms with Crippen molar-refractivity contribution in [1.29, 1.82) is 0 Å². The summed E-state index contributed by atoms with van der Waals surface area (Å²) in [6.07, 6.45) is 1.92. The van der Waals surface area contributed by atoms with Crippen molar-refractivity contribution in [2.45, 2.75) is 18.7 Å². The summed E-state index contributed by atoms with van der Waals surface area (Å²) < 4.78 is 2.09. The number of benzene rings is 1. The van der Waals surface area contributed by atoms with Gasteiger partial charge in [0, 0.05) is 50.2 Å². The molecule has 17 heavy (non-hydrogen) atoms. The van der Waals surface area contributed by atoms with Gasteiger partial charge in [0.25, 0.3) is 0 Å². The first-order valence-corrected chi connectivity index (χ1v) is 5.96. The van der Waals surface area contributed by atoms with Gasteiger partial charge in [-0.05, 0) is 24.8 Å². The fourth-order valence-electron chi connectivity index (χ4n) is 1.99. The molecule has 2 heterocycles. The molecular formula is C13H10NOSY-. The first-order chi connectivity index (χ1) is 7.68. The Labute approximate surface area is 129 Å². The maximum absolute atomic E-state index is 12.0. The van der Waals surface area contributed by atoms with Crippen LogP contribution in [0.4, 0.5) is 0 Å². The largest absolute Gasteiger partial charge is 0.342 e. The Morgan fingerprint density at radius 2 is 2.06 bits per heavy atom. The Bertz CT molecular complexity index is 688. The summed E-state index contributed by atoms with van der Waals surface area (Å²) in [5, 5.41) is 2.86. The molecule has 1 aliphatic heterocycles. The van der Waals surface area contributed by atoms with E-state index in [1.54, 1.807) is 17.8 Å². The van der Waals surface area contributed by atoms with E-state index in [-0.39, 0.29) is 38.1 Å². The van der Waals surface area contributed by atoms with Gasteiger partial charge in [0.05, 0.1) is 0 Å². The molecule has 0 bridgehead atoms. The Balaban J connectivity index is 0.00000108. The fraction of sp³-hybridized carbons (Fsp3) is 0.154. The van der Waals surface area contributed by atoms with Gasteiger partial charge in [-0.25, -0.2) is 0 Å². The molecule has 0 saturated heterocycles. The van der Waals surface area contributed by atoms with Crippen LogP contribution < -0.4 is 5.43 Å². The molecule has 2 nitrogen and oxygen atoms in total. The van der Waals surface area contributed by atoms with Gasteiger partial charge in [0.15, 0.2) is 0 Å². The number of allylic oxidation sites excluding steroid dienone is 1. The van der Waals surface area contributed by atoms with Crippen molar-refractivity contribution in [2.24, 2.45) is 0 Å². The number of nitrogens with zero attached hydrogens (tertiary/aromatic N) is 1. The van der Waals surface area contributed by atoms with Crippen LogP contribution in [0.1, 0.15) is 12.5 Å². The third-order valence-corrected chi connectivity index (χ3v) is 3.86. The summed E-state index contributed by atoms with van der Waals surface area (Å²) in [6.45, 7) is 3.91. The topological polar surface area (TPSA) is 22.0 Å². The molecule has 0 N–H and O–H groups in total. The van der Waals surface area contributed by atoms with Gasteiger partial charge in [0.1, 0.15) is 5.43 Å². The van der Waals surface area contributed by atoms with Crippen molar-refractivity contribution in [2.75, 3.05) is 0 Å². The van der Waals surface area contributed by atoms with E-state index < -0.39 is 0 Å². The van der Waals surface area contributed by atoms with Crippen LogP contribution in [0.2, 0.25) is 0 Å². The minimum absolute atomic E-state index is 0. The minimum Gasteiger partial charge on any atom is -0.342 e. The van der Waals surface area contributed by atoms with E-state index in [1.165, 1.54) is 0 Å². The molecule has 1 radical (unpaired) electrons. The zero-order valence-corrected chi connectivity index (χ0v) is 13.3. The standard InChI is InChI=1S/C13H10NOS.Y/c1-8-6-14-9(2)7-16-11-5-3-4-10(12(11)14)13(8)15;/h4-7H,1-2H3;/q-1;. The van der Waals surface area contributed by atoms with Crippen LogP contribution in [-0.4, -0.2) is 4.57 Å². The van der Waals surface area contributed by atoms with Gasteiger partial charge < -0.3 is 9.36 Å². The monoisotopic (exact) mass is 317 g/mol. The normalized spacial score (nSPS) is 13.2. The maximum atomic E-state index is 12.0. The molecule has 0 saturated carbocycles. The van der Waals surface area contributed by atoms with E-state index in [1.807, 2.05) is 19.2 Å².